The zero-order valence-electron chi connectivity index (χ0n) is 9.68. The summed E-state index contributed by atoms with van der Waals surface area (Å²) in [5.74, 6) is 2.48. The highest BCUT2D eigenvalue weighted by Crippen LogP contribution is 2.30. The van der Waals surface area contributed by atoms with Crippen LogP contribution in [0.3, 0.4) is 0 Å². The SMILES string of the molecule is C#CC(C)NC(C)c1cccc(C(F)(F)F)c1. The molecule has 17 heavy (non-hydrogen) atoms. The average Bonchev–Trinajstić information content (AvgIpc) is 2.28. The van der Waals surface area contributed by atoms with Crippen LogP contribution in [0.15, 0.2) is 24.3 Å². The number of benzene rings is 1. The van der Waals surface area contributed by atoms with E-state index in [-0.39, 0.29) is 12.1 Å². The number of hydrogen-bond acceptors (Lipinski definition) is 1. The lowest BCUT2D eigenvalue weighted by atomic mass is 10.0. The Morgan fingerprint density at radius 1 is 1.29 bits per heavy atom. The highest BCUT2D eigenvalue weighted by molar-refractivity contribution is 5.28. The molecule has 2 unspecified atom stereocenters. The summed E-state index contributed by atoms with van der Waals surface area (Å²) in [6, 6.07) is 4.84. The quantitative estimate of drug-likeness (QED) is 0.800. The van der Waals surface area contributed by atoms with Crippen molar-refractivity contribution in [2.45, 2.75) is 32.1 Å². The molecule has 2 atom stereocenters. The van der Waals surface area contributed by atoms with Crippen LogP contribution in [0.25, 0.3) is 0 Å². The van der Waals surface area contributed by atoms with Gasteiger partial charge in [0.1, 0.15) is 0 Å². The highest BCUT2D eigenvalue weighted by atomic mass is 19.4. The van der Waals surface area contributed by atoms with Gasteiger partial charge in [0.05, 0.1) is 11.6 Å². The Bertz CT molecular complexity index is 417. The van der Waals surface area contributed by atoms with E-state index in [9.17, 15) is 13.2 Å². The lowest BCUT2D eigenvalue weighted by Crippen LogP contribution is -2.27. The Morgan fingerprint density at radius 2 is 1.94 bits per heavy atom. The Morgan fingerprint density at radius 3 is 2.47 bits per heavy atom. The van der Waals surface area contributed by atoms with Gasteiger partial charge in [0.2, 0.25) is 0 Å². The molecule has 0 saturated carbocycles. The van der Waals surface area contributed by atoms with Gasteiger partial charge in [-0.1, -0.05) is 18.1 Å². The van der Waals surface area contributed by atoms with Crippen molar-refractivity contribution >= 4 is 0 Å². The number of nitrogens with one attached hydrogen (secondary N) is 1. The Hall–Kier alpha value is -1.47. The molecule has 0 saturated heterocycles. The molecule has 0 fully saturated rings. The summed E-state index contributed by atoms with van der Waals surface area (Å²) in [4.78, 5) is 0. The summed E-state index contributed by atoms with van der Waals surface area (Å²) in [6.07, 6.45) is 0.893. The molecule has 0 aliphatic carbocycles. The second-order valence-corrected chi connectivity index (χ2v) is 3.90. The molecule has 0 amide bonds. The maximum atomic E-state index is 12.5. The van der Waals surface area contributed by atoms with Gasteiger partial charge in [-0.3, -0.25) is 5.32 Å². The van der Waals surface area contributed by atoms with E-state index in [1.807, 2.05) is 0 Å². The minimum Gasteiger partial charge on any atom is -0.297 e. The van der Waals surface area contributed by atoms with Crippen LogP contribution in [0, 0.1) is 12.3 Å². The predicted molar refractivity (Wildman–Crippen MR) is 61.3 cm³/mol. The first-order valence-corrected chi connectivity index (χ1v) is 5.24. The lowest BCUT2D eigenvalue weighted by molar-refractivity contribution is -0.137. The molecule has 0 bridgehead atoms. The molecular weight excluding hydrogens is 227 g/mol. The third-order valence-corrected chi connectivity index (χ3v) is 2.46. The van der Waals surface area contributed by atoms with Crippen LogP contribution in [0.2, 0.25) is 0 Å². The van der Waals surface area contributed by atoms with Crippen LogP contribution < -0.4 is 5.32 Å². The maximum absolute atomic E-state index is 12.5. The molecular formula is C13H14F3N. The van der Waals surface area contributed by atoms with Crippen LogP contribution >= 0.6 is 0 Å². The first-order chi connectivity index (χ1) is 7.84. The highest BCUT2D eigenvalue weighted by Gasteiger charge is 2.30. The molecule has 92 valence electrons. The van der Waals surface area contributed by atoms with E-state index < -0.39 is 11.7 Å². The van der Waals surface area contributed by atoms with E-state index in [1.165, 1.54) is 6.07 Å². The second kappa shape index (κ2) is 5.24. The molecule has 1 aromatic rings. The van der Waals surface area contributed by atoms with Crippen molar-refractivity contribution in [3.8, 4) is 12.3 Å². The van der Waals surface area contributed by atoms with Crippen LogP contribution in [-0.2, 0) is 6.18 Å². The van der Waals surface area contributed by atoms with Crippen LogP contribution in [0.4, 0.5) is 13.2 Å². The largest absolute Gasteiger partial charge is 0.416 e. The number of alkyl halides is 3. The normalized spacial score (nSPS) is 15.1. The molecule has 0 spiro atoms. The van der Waals surface area contributed by atoms with Crippen molar-refractivity contribution in [2.24, 2.45) is 0 Å². The fraction of sp³-hybridized carbons (Fsp3) is 0.385. The Labute approximate surface area is 99.0 Å². The summed E-state index contributed by atoms with van der Waals surface area (Å²) in [5, 5.41) is 3.02. The van der Waals surface area contributed by atoms with Crippen LogP contribution in [0.1, 0.15) is 31.0 Å². The van der Waals surface area contributed by atoms with E-state index in [4.69, 9.17) is 6.42 Å². The smallest absolute Gasteiger partial charge is 0.297 e. The monoisotopic (exact) mass is 241 g/mol. The van der Waals surface area contributed by atoms with Crippen molar-refractivity contribution in [3.63, 3.8) is 0 Å². The van der Waals surface area contributed by atoms with Crippen molar-refractivity contribution in [1.82, 2.24) is 5.32 Å². The summed E-state index contributed by atoms with van der Waals surface area (Å²) < 4.78 is 37.5. The molecule has 1 nitrogen and oxygen atoms in total. The van der Waals surface area contributed by atoms with Crippen LogP contribution in [0.5, 0.6) is 0 Å². The van der Waals surface area contributed by atoms with Crippen LogP contribution in [-0.4, -0.2) is 6.04 Å². The fourth-order valence-corrected chi connectivity index (χ4v) is 1.50. The molecule has 0 aliphatic heterocycles. The summed E-state index contributed by atoms with van der Waals surface area (Å²) in [6.45, 7) is 3.56. The van der Waals surface area contributed by atoms with Gasteiger partial charge in [-0.15, -0.1) is 6.42 Å². The zero-order valence-corrected chi connectivity index (χ0v) is 9.68. The number of halogens is 3. The van der Waals surface area contributed by atoms with Gasteiger partial charge >= 0.3 is 6.18 Å². The molecule has 1 rings (SSSR count). The number of rotatable bonds is 3. The minimum absolute atomic E-state index is 0.181. The minimum atomic E-state index is -4.31. The Kier molecular flexibility index (Phi) is 4.19. The van der Waals surface area contributed by atoms with Gasteiger partial charge < -0.3 is 0 Å². The van der Waals surface area contributed by atoms with Crippen molar-refractivity contribution < 1.29 is 13.2 Å². The summed E-state index contributed by atoms with van der Waals surface area (Å²) in [5.41, 5.74) is -0.0704. The van der Waals surface area contributed by atoms with Crippen molar-refractivity contribution in [1.29, 1.82) is 0 Å². The van der Waals surface area contributed by atoms with Gasteiger partial charge in [-0.2, -0.15) is 13.2 Å². The van der Waals surface area contributed by atoms with E-state index in [0.29, 0.717) is 5.56 Å². The van der Waals surface area contributed by atoms with Gasteiger partial charge in [0, 0.05) is 6.04 Å². The molecule has 0 aliphatic rings. The summed E-state index contributed by atoms with van der Waals surface area (Å²) >= 11 is 0. The van der Waals surface area contributed by atoms with Gasteiger partial charge in [-0.25, -0.2) is 0 Å². The predicted octanol–water partition coefficient (Wildman–Crippen LogP) is 3.38. The fourth-order valence-electron chi connectivity index (χ4n) is 1.50. The molecule has 1 aromatic carbocycles. The lowest BCUT2D eigenvalue weighted by Gasteiger charge is -2.18. The van der Waals surface area contributed by atoms with E-state index >= 15 is 0 Å². The molecule has 0 aromatic heterocycles. The molecule has 0 radical (unpaired) electrons. The second-order valence-electron chi connectivity index (χ2n) is 3.90. The first kappa shape index (κ1) is 13.6. The summed E-state index contributed by atoms with van der Waals surface area (Å²) in [7, 11) is 0. The standard InChI is InChI=1S/C13H14F3N/c1-4-9(2)17-10(3)11-6-5-7-12(8-11)13(14,15)16/h1,5-10,17H,2-3H3. The van der Waals surface area contributed by atoms with Gasteiger partial charge in [0.15, 0.2) is 0 Å². The maximum Gasteiger partial charge on any atom is 0.416 e. The first-order valence-electron chi connectivity index (χ1n) is 5.24. The third kappa shape index (κ3) is 3.79. The van der Waals surface area contributed by atoms with E-state index in [1.54, 1.807) is 19.9 Å². The topological polar surface area (TPSA) is 12.0 Å². The van der Waals surface area contributed by atoms with Gasteiger partial charge in [-0.05, 0) is 31.5 Å². The molecule has 4 heteroatoms. The molecule has 0 heterocycles. The number of terminal acetylenes is 1. The van der Waals surface area contributed by atoms with Gasteiger partial charge in [0.25, 0.3) is 0 Å². The third-order valence-electron chi connectivity index (χ3n) is 2.46. The van der Waals surface area contributed by atoms with E-state index in [2.05, 4.69) is 11.2 Å². The van der Waals surface area contributed by atoms with Crippen molar-refractivity contribution in [3.05, 3.63) is 35.4 Å². The van der Waals surface area contributed by atoms with Crippen molar-refractivity contribution in [2.75, 3.05) is 0 Å². The molecule has 1 N–H and O–H groups in total. The Balaban J connectivity index is 2.89. The average molecular weight is 241 g/mol. The number of hydrogen-bond donors (Lipinski definition) is 1. The zero-order chi connectivity index (χ0) is 13.1. The van der Waals surface area contributed by atoms with E-state index in [0.717, 1.165) is 12.1 Å².